The molecule has 0 aliphatic heterocycles. The predicted molar refractivity (Wildman–Crippen MR) is 74.2 cm³/mol. The highest BCUT2D eigenvalue weighted by atomic mass is 32.2. The van der Waals surface area contributed by atoms with Crippen molar-refractivity contribution in [3.63, 3.8) is 0 Å². The number of sulfonamides is 1. The first-order valence-electron chi connectivity index (χ1n) is 6.35. The molecule has 1 aromatic rings. The number of aromatic nitrogens is 1. The fraction of sp³-hybridized carbons (Fsp3) is 0.583. The number of nitrogens with two attached hydrogens (primary N) is 1. The first kappa shape index (κ1) is 15.9. The van der Waals surface area contributed by atoms with Crippen molar-refractivity contribution >= 4 is 15.8 Å². The normalized spacial score (nSPS) is 11.6. The fourth-order valence-corrected chi connectivity index (χ4v) is 2.38. The minimum atomic E-state index is -3.50. The Bertz CT molecular complexity index is 460. The van der Waals surface area contributed by atoms with Crippen molar-refractivity contribution in [1.29, 1.82) is 0 Å². The Balaban J connectivity index is 2.29. The van der Waals surface area contributed by atoms with Gasteiger partial charge in [0.2, 0.25) is 10.0 Å². The van der Waals surface area contributed by atoms with Gasteiger partial charge in [0, 0.05) is 26.0 Å². The number of nitrogen functional groups attached to an aromatic ring is 1. The summed E-state index contributed by atoms with van der Waals surface area (Å²) in [6, 6.07) is 2.89. The number of nitrogens with one attached hydrogen (secondary N) is 1. The molecule has 19 heavy (non-hydrogen) atoms. The zero-order valence-corrected chi connectivity index (χ0v) is 11.9. The topological polar surface area (TPSA) is 94.3 Å². The lowest BCUT2D eigenvalue weighted by Gasteiger charge is -2.07. The molecule has 0 saturated heterocycles. The van der Waals surface area contributed by atoms with Crippen LogP contribution in [0.3, 0.4) is 0 Å². The summed E-state index contributed by atoms with van der Waals surface area (Å²) in [6.07, 6.45) is 4.01. The molecule has 0 atom stereocenters. The highest BCUT2D eigenvalue weighted by Crippen LogP contribution is 2.08. The van der Waals surface area contributed by atoms with Crippen molar-refractivity contribution in [2.45, 2.75) is 31.1 Å². The molecular formula is C12H21N3O3S. The first-order chi connectivity index (χ1) is 9.06. The van der Waals surface area contributed by atoms with E-state index in [-0.39, 0.29) is 4.90 Å². The SMILES string of the molecule is CCCCOCCCNS(=O)(=O)c1ccc(N)nc1. The molecule has 108 valence electrons. The zero-order valence-electron chi connectivity index (χ0n) is 11.1. The zero-order chi connectivity index (χ0) is 14.1. The second-order valence-electron chi connectivity index (χ2n) is 4.14. The summed E-state index contributed by atoms with van der Waals surface area (Å²) in [7, 11) is -3.50. The van der Waals surface area contributed by atoms with E-state index >= 15 is 0 Å². The van der Waals surface area contributed by atoms with Gasteiger partial charge in [0.25, 0.3) is 0 Å². The van der Waals surface area contributed by atoms with Crippen LogP contribution in [0.4, 0.5) is 5.82 Å². The van der Waals surface area contributed by atoms with Crippen molar-refractivity contribution in [3.8, 4) is 0 Å². The van der Waals surface area contributed by atoms with Crippen LogP contribution in [-0.4, -0.2) is 33.2 Å². The van der Waals surface area contributed by atoms with E-state index in [1.165, 1.54) is 18.3 Å². The van der Waals surface area contributed by atoms with E-state index in [0.717, 1.165) is 19.4 Å². The van der Waals surface area contributed by atoms with E-state index in [0.29, 0.717) is 25.4 Å². The number of ether oxygens (including phenoxy) is 1. The molecule has 0 aliphatic carbocycles. The number of nitrogens with zero attached hydrogens (tertiary/aromatic N) is 1. The molecule has 0 bridgehead atoms. The Labute approximate surface area is 114 Å². The highest BCUT2D eigenvalue weighted by Gasteiger charge is 2.13. The molecule has 1 rings (SSSR count). The van der Waals surface area contributed by atoms with E-state index in [4.69, 9.17) is 10.5 Å². The lowest BCUT2D eigenvalue weighted by molar-refractivity contribution is 0.130. The van der Waals surface area contributed by atoms with Gasteiger partial charge in [0.1, 0.15) is 10.7 Å². The van der Waals surface area contributed by atoms with Crippen molar-refractivity contribution in [3.05, 3.63) is 18.3 Å². The van der Waals surface area contributed by atoms with Gasteiger partial charge in [-0.15, -0.1) is 0 Å². The van der Waals surface area contributed by atoms with Crippen LogP contribution < -0.4 is 10.5 Å². The molecule has 7 heteroatoms. The summed E-state index contributed by atoms with van der Waals surface area (Å²) in [5.74, 6) is 0.295. The monoisotopic (exact) mass is 287 g/mol. The van der Waals surface area contributed by atoms with Gasteiger partial charge in [-0.2, -0.15) is 0 Å². The molecule has 0 unspecified atom stereocenters. The molecule has 0 aliphatic rings. The summed E-state index contributed by atoms with van der Waals surface area (Å²) in [6.45, 7) is 3.73. The molecular weight excluding hydrogens is 266 g/mol. The third kappa shape index (κ3) is 6.00. The van der Waals surface area contributed by atoms with Gasteiger partial charge in [-0.25, -0.2) is 18.1 Å². The second kappa shape index (κ2) is 8.08. The Morgan fingerprint density at radius 2 is 2.05 bits per heavy atom. The molecule has 0 saturated carbocycles. The van der Waals surface area contributed by atoms with Crippen LogP contribution >= 0.6 is 0 Å². The minimum Gasteiger partial charge on any atom is -0.384 e. The van der Waals surface area contributed by atoms with E-state index < -0.39 is 10.0 Å². The van der Waals surface area contributed by atoms with Crippen molar-refractivity contribution in [2.75, 3.05) is 25.5 Å². The van der Waals surface area contributed by atoms with E-state index in [9.17, 15) is 8.42 Å². The molecule has 0 amide bonds. The maximum absolute atomic E-state index is 11.8. The van der Waals surface area contributed by atoms with Gasteiger partial charge in [-0.05, 0) is 25.0 Å². The highest BCUT2D eigenvalue weighted by molar-refractivity contribution is 7.89. The predicted octanol–water partition coefficient (Wildman–Crippen LogP) is 1.15. The van der Waals surface area contributed by atoms with E-state index in [1.54, 1.807) is 0 Å². The third-order valence-corrected chi connectivity index (χ3v) is 3.92. The Morgan fingerprint density at radius 1 is 1.32 bits per heavy atom. The Kier molecular flexibility index (Phi) is 6.75. The maximum Gasteiger partial charge on any atom is 0.242 e. The first-order valence-corrected chi connectivity index (χ1v) is 7.83. The van der Waals surface area contributed by atoms with Crippen LogP contribution in [0.15, 0.2) is 23.2 Å². The lowest BCUT2D eigenvalue weighted by atomic mass is 10.4. The molecule has 6 nitrogen and oxygen atoms in total. The average molecular weight is 287 g/mol. The molecule has 0 aromatic carbocycles. The number of hydrogen-bond donors (Lipinski definition) is 2. The molecule has 0 fully saturated rings. The quantitative estimate of drug-likeness (QED) is 0.664. The molecule has 3 N–H and O–H groups in total. The third-order valence-electron chi connectivity index (χ3n) is 2.47. The number of pyridine rings is 1. The van der Waals surface area contributed by atoms with E-state index in [1.807, 2.05) is 0 Å². The van der Waals surface area contributed by atoms with Crippen LogP contribution in [0, 0.1) is 0 Å². The number of rotatable bonds is 9. The van der Waals surface area contributed by atoms with Crippen molar-refractivity contribution < 1.29 is 13.2 Å². The van der Waals surface area contributed by atoms with Crippen LogP contribution in [-0.2, 0) is 14.8 Å². The summed E-state index contributed by atoms with van der Waals surface area (Å²) in [5, 5.41) is 0. The summed E-state index contributed by atoms with van der Waals surface area (Å²) in [4.78, 5) is 3.88. The molecule has 1 heterocycles. The lowest BCUT2D eigenvalue weighted by Crippen LogP contribution is -2.25. The van der Waals surface area contributed by atoms with Gasteiger partial charge in [-0.3, -0.25) is 0 Å². The summed E-state index contributed by atoms with van der Waals surface area (Å²) < 4.78 is 31.5. The molecule has 1 aromatic heterocycles. The smallest absolute Gasteiger partial charge is 0.242 e. The van der Waals surface area contributed by atoms with Crippen LogP contribution in [0.1, 0.15) is 26.2 Å². The van der Waals surface area contributed by atoms with Crippen LogP contribution in [0.2, 0.25) is 0 Å². The maximum atomic E-state index is 11.8. The average Bonchev–Trinajstić information content (AvgIpc) is 2.38. The van der Waals surface area contributed by atoms with Gasteiger partial charge in [0.05, 0.1) is 0 Å². The Morgan fingerprint density at radius 3 is 2.68 bits per heavy atom. The fourth-order valence-electron chi connectivity index (χ4n) is 1.36. The second-order valence-corrected chi connectivity index (χ2v) is 5.90. The van der Waals surface area contributed by atoms with Gasteiger partial charge in [0.15, 0.2) is 0 Å². The van der Waals surface area contributed by atoms with Crippen LogP contribution in [0.25, 0.3) is 0 Å². The summed E-state index contributed by atoms with van der Waals surface area (Å²) >= 11 is 0. The largest absolute Gasteiger partial charge is 0.384 e. The number of unbranched alkanes of at least 4 members (excludes halogenated alkanes) is 1. The standard InChI is InChI=1S/C12H21N3O3S/c1-2-3-8-18-9-4-7-15-19(16,17)11-5-6-12(13)14-10-11/h5-6,10,15H,2-4,7-9H2,1H3,(H2,13,14). The number of anilines is 1. The van der Waals surface area contributed by atoms with Crippen LogP contribution in [0.5, 0.6) is 0 Å². The Hall–Kier alpha value is -1.18. The summed E-state index contributed by atoms with van der Waals surface area (Å²) in [5.41, 5.74) is 5.41. The number of hydrogen-bond acceptors (Lipinski definition) is 5. The molecule has 0 radical (unpaired) electrons. The van der Waals surface area contributed by atoms with Gasteiger partial charge >= 0.3 is 0 Å². The van der Waals surface area contributed by atoms with Gasteiger partial charge < -0.3 is 10.5 Å². The van der Waals surface area contributed by atoms with Crippen molar-refractivity contribution in [2.24, 2.45) is 0 Å². The minimum absolute atomic E-state index is 0.119. The van der Waals surface area contributed by atoms with E-state index in [2.05, 4.69) is 16.6 Å². The molecule has 0 spiro atoms. The van der Waals surface area contributed by atoms with Crippen molar-refractivity contribution in [1.82, 2.24) is 9.71 Å². The van der Waals surface area contributed by atoms with Gasteiger partial charge in [-0.1, -0.05) is 13.3 Å².